The fraction of sp³-hybridized carbons (Fsp3) is 0.167. The number of halogens is 1. The van der Waals surface area contributed by atoms with Crippen LogP contribution in [0.1, 0.15) is 0 Å². The molecule has 2 aromatic rings. The minimum absolute atomic E-state index is 0.206. The average Bonchev–Trinajstić information content (AvgIpc) is 2.59. The lowest BCUT2D eigenvalue weighted by Gasteiger charge is -2.21. The zero-order valence-corrected chi connectivity index (χ0v) is 15.0. The van der Waals surface area contributed by atoms with Crippen LogP contribution in [-0.4, -0.2) is 33.7 Å². The molecule has 0 fully saturated rings. The average molecular weight is 378 g/mol. The third-order valence-corrected chi connectivity index (χ3v) is 4.45. The molecule has 2 rings (SSSR count). The Bertz CT molecular complexity index is 865. The highest BCUT2D eigenvalue weighted by Crippen LogP contribution is 2.19. The van der Waals surface area contributed by atoms with E-state index in [-0.39, 0.29) is 5.69 Å². The Hall–Kier alpha value is -2.87. The first-order chi connectivity index (χ1) is 12.3. The van der Waals surface area contributed by atoms with E-state index in [9.17, 15) is 17.6 Å². The monoisotopic (exact) mass is 378 g/mol. The summed E-state index contributed by atoms with van der Waals surface area (Å²) >= 11 is 0. The Morgan fingerprint density at radius 2 is 1.81 bits per heavy atom. The number of sulfonamides is 1. The lowest BCUT2D eigenvalue weighted by atomic mass is 10.3. The number of amides is 1. The van der Waals surface area contributed by atoms with Gasteiger partial charge in [0.25, 0.3) is 0 Å². The smallest absolute Gasteiger partial charge is 0.245 e. The van der Waals surface area contributed by atoms with Crippen LogP contribution in [0.5, 0.6) is 5.75 Å². The maximum Gasteiger partial charge on any atom is 0.245 e. The maximum atomic E-state index is 13.0. The number of hydrogen-bond acceptors (Lipinski definition) is 4. The van der Waals surface area contributed by atoms with Crippen molar-refractivity contribution < 1.29 is 22.3 Å². The van der Waals surface area contributed by atoms with Crippen LogP contribution in [0.4, 0.5) is 15.8 Å². The van der Waals surface area contributed by atoms with Crippen LogP contribution in [0.3, 0.4) is 0 Å². The van der Waals surface area contributed by atoms with Crippen LogP contribution in [0.2, 0.25) is 0 Å². The molecule has 0 saturated carbocycles. The van der Waals surface area contributed by atoms with Crippen molar-refractivity contribution in [2.45, 2.75) is 0 Å². The van der Waals surface area contributed by atoms with Crippen LogP contribution in [0.15, 0.2) is 61.2 Å². The van der Waals surface area contributed by atoms with Crippen molar-refractivity contribution >= 4 is 27.3 Å². The van der Waals surface area contributed by atoms with Crippen molar-refractivity contribution in [3.05, 3.63) is 67.0 Å². The molecule has 8 heteroatoms. The summed E-state index contributed by atoms with van der Waals surface area (Å²) in [6.45, 7) is 3.49. The van der Waals surface area contributed by atoms with E-state index in [1.54, 1.807) is 30.3 Å². The molecule has 138 valence electrons. The van der Waals surface area contributed by atoms with Crippen molar-refractivity contribution in [1.82, 2.24) is 0 Å². The Morgan fingerprint density at radius 1 is 1.19 bits per heavy atom. The molecule has 1 amide bonds. The van der Waals surface area contributed by atoms with Crippen LogP contribution < -0.4 is 14.4 Å². The fourth-order valence-electron chi connectivity index (χ4n) is 2.13. The number of nitrogens with zero attached hydrogens (tertiary/aromatic N) is 1. The zero-order chi connectivity index (χ0) is 19.2. The standard InChI is InChI=1S/C18H19FN2O4S/c1-3-12-25-17-10-6-15(7-11-17)20-18(22)13-21(26(2,23)24)16-8-4-14(19)5-9-16/h3-11H,1,12-13H2,2H3,(H,20,22). The van der Waals surface area contributed by atoms with E-state index in [1.165, 1.54) is 12.1 Å². The summed E-state index contributed by atoms with van der Waals surface area (Å²) in [6.07, 6.45) is 2.60. The van der Waals surface area contributed by atoms with Crippen LogP contribution in [0, 0.1) is 5.82 Å². The van der Waals surface area contributed by atoms with Gasteiger partial charge in [0.2, 0.25) is 15.9 Å². The number of benzene rings is 2. The molecule has 0 aliphatic heterocycles. The fourth-order valence-corrected chi connectivity index (χ4v) is 2.98. The van der Waals surface area contributed by atoms with Gasteiger partial charge in [0.1, 0.15) is 24.7 Å². The first-order valence-electron chi connectivity index (χ1n) is 7.66. The lowest BCUT2D eigenvalue weighted by molar-refractivity contribution is -0.114. The zero-order valence-electron chi connectivity index (χ0n) is 14.2. The van der Waals surface area contributed by atoms with E-state index in [4.69, 9.17) is 4.74 Å². The second kappa shape index (κ2) is 8.48. The maximum absolute atomic E-state index is 13.0. The first-order valence-corrected chi connectivity index (χ1v) is 9.51. The second-order valence-electron chi connectivity index (χ2n) is 5.42. The Labute approximate surface area is 151 Å². The number of anilines is 2. The first kappa shape index (κ1) is 19.5. The van der Waals surface area contributed by atoms with Gasteiger partial charge in [-0.2, -0.15) is 0 Å². The molecule has 0 aliphatic rings. The third-order valence-electron chi connectivity index (χ3n) is 3.31. The minimum atomic E-state index is -3.71. The van der Waals surface area contributed by atoms with Crippen LogP contribution in [0.25, 0.3) is 0 Å². The van der Waals surface area contributed by atoms with Gasteiger partial charge in [-0.15, -0.1) is 0 Å². The van der Waals surface area contributed by atoms with E-state index in [1.807, 2.05) is 0 Å². The summed E-state index contributed by atoms with van der Waals surface area (Å²) in [5.41, 5.74) is 0.700. The van der Waals surface area contributed by atoms with E-state index in [0.717, 1.165) is 22.7 Å². The van der Waals surface area contributed by atoms with Crippen molar-refractivity contribution in [1.29, 1.82) is 0 Å². The normalized spacial score (nSPS) is 10.8. The highest BCUT2D eigenvalue weighted by molar-refractivity contribution is 7.92. The topological polar surface area (TPSA) is 75.7 Å². The lowest BCUT2D eigenvalue weighted by Crippen LogP contribution is -2.37. The molecule has 26 heavy (non-hydrogen) atoms. The largest absolute Gasteiger partial charge is 0.490 e. The van der Waals surface area contributed by atoms with Gasteiger partial charge in [-0.25, -0.2) is 12.8 Å². The van der Waals surface area contributed by atoms with E-state index < -0.39 is 28.3 Å². The molecule has 0 aliphatic carbocycles. The molecule has 0 heterocycles. The van der Waals surface area contributed by atoms with Gasteiger partial charge in [0.05, 0.1) is 11.9 Å². The Kier molecular flexibility index (Phi) is 6.35. The third kappa shape index (κ3) is 5.59. The van der Waals surface area contributed by atoms with Crippen molar-refractivity contribution in [3.8, 4) is 5.75 Å². The molecule has 0 spiro atoms. The van der Waals surface area contributed by atoms with E-state index in [2.05, 4.69) is 11.9 Å². The number of nitrogens with one attached hydrogen (secondary N) is 1. The predicted molar refractivity (Wildman–Crippen MR) is 99.4 cm³/mol. The van der Waals surface area contributed by atoms with Gasteiger partial charge in [-0.3, -0.25) is 9.10 Å². The molecule has 2 aromatic carbocycles. The number of ether oxygens (including phenoxy) is 1. The van der Waals surface area contributed by atoms with E-state index in [0.29, 0.717) is 18.0 Å². The molecular formula is C18H19FN2O4S. The summed E-state index contributed by atoms with van der Waals surface area (Å²) in [5.74, 6) is -0.406. The highest BCUT2D eigenvalue weighted by atomic mass is 32.2. The van der Waals surface area contributed by atoms with Gasteiger partial charge in [0, 0.05) is 5.69 Å². The van der Waals surface area contributed by atoms with Gasteiger partial charge in [-0.1, -0.05) is 12.7 Å². The molecule has 6 nitrogen and oxygen atoms in total. The Balaban J connectivity index is 2.07. The summed E-state index contributed by atoms with van der Waals surface area (Å²) in [7, 11) is -3.71. The summed E-state index contributed by atoms with van der Waals surface area (Å²) in [5, 5.41) is 2.61. The number of rotatable bonds is 8. The SMILES string of the molecule is C=CCOc1ccc(NC(=O)CN(c2ccc(F)cc2)S(C)(=O)=O)cc1. The molecule has 0 aromatic heterocycles. The van der Waals surface area contributed by atoms with E-state index >= 15 is 0 Å². The van der Waals surface area contributed by atoms with Crippen LogP contribution >= 0.6 is 0 Å². The number of carbonyl (C=O) groups is 1. The molecule has 0 atom stereocenters. The molecular weight excluding hydrogens is 359 g/mol. The quantitative estimate of drug-likeness (QED) is 0.717. The number of carbonyl (C=O) groups excluding carboxylic acids is 1. The van der Waals surface area contributed by atoms with Crippen molar-refractivity contribution in [3.63, 3.8) is 0 Å². The molecule has 1 N–H and O–H groups in total. The second-order valence-corrected chi connectivity index (χ2v) is 7.33. The molecule has 0 unspecified atom stereocenters. The van der Waals surface area contributed by atoms with Crippen LogP contribution in [-0.2, 0) is 14.8 Å². The highest BCUT2D eigenvalue weighted by Gasteiger charge is 2.21. The predicted octanol–water partition coefficient (Wildman–Crippen LogP) is 2.80. The Morgan fingerprint density at radius 3 is 2.35 bits per heavy atom. The minimum Gasteiger partial charge on any atom is -0.490 e. The molecule has 0 bridgehead atoms. The van der Waals surface area contributed by atoms with Gasteiger partial charge < -0.3 is 10.1 Å². The van der Waals surface area contributed by atoms with Gasteiger partial charge in [-0.05, 0) is 48.5 Å². The summed E-state index contributed by atoms with van der Waals surface area (Å²) < 4.78 is 43.2. The molecule has 0 radical (unpaired) electrons. The van der Waals surface area contributed by atoms with Crippen molar-refractivity contribution in [2.75, 3.05) is 29.0 Å². The van der Waals surface area contributed by atoms with Crippen molar-refractivity contribution in [2.24, 2.45) is 0 Å². The summed E-state index contributed by atoms with van der Waals surface area (Å²) in [6, 6.07) is 11.5. The van der Waals surface area contributed by atoms with Gasteiger partial charge in [0.15, 0.2) is 0 Å². The summed E-state index contributed by atoms with van der Waals surface area (Å²) in [4.78, 5) is 12.2. The molecule has 0 saturated heterocycles. The number of hydrogen-bond donors (Lipinski definition) is 1. The van der Waals surface area contributed by atoms with Gasteiger partial charge >= 0.3 is 0 Å².